The van der Waals surface area contributed by atoms with Crippen LogP contribution in [0.15, 0.2) is 41.3 Å². The fourth-order valence-electron chi connectivity index (χ4n) is 3.65. The van der Waals surface area contributed by atoms with Gasteiger partial charge in [-0.3, -0.25) is 9.36 Å². The quantitative estimate of drug-likeness (QED) is 0.685. The number of rotatable bonds is 4. The first-order chi connectivity index (χ1) is 13.4. The number of aliphatic hydroxyl groups excluding tert-OH is 2. The van der Waals surface area contributed by atoms with E-state index in [1.165, 1.54) is 10.8 Å². The predicted molar refractivity (Wildman–Crippen MR) is 97.9 cm³/mol. The van der Waals surface area contributed by atoms with Crippen LogP contribution in [-0.2, 0) is 9.47 Å². The second-order valence-corrected chi connectivity index (χ2v) is 7.04. The van der Waals surface area contributed by atoms with E-state index in [0.717, 1.165) is 0 Å². The topological polar surface area (TPSA) is 123 Å². The lowest BCUT2D eigenvalue weighted by atomic mass is 9.90. The summed E-state index contributed by atoms with van der Waals surface area (Å²) in [5, 5.41) is 22.8. The monoisotopic (exact) mass is 387 g/mol. The number of benzene rings is 1. The fourth-order valence-corrected chi connectivity index (χ4v) is 3.65. The van der Waals surface area contributed by atoms with Crippen LogP contribution in [0.5, 0.6) is 0 Å². The molecule has 4 atom stereocenters. The van der Waals surface area contributed by atoms with Crippen LogP contribution in [0.1, 0.15) is 28.6 Å². The van der Waals surface area contributed by atoms with E-state index in [4.69, 9.17) is 9.47 Å². The number of amides is 1. The van der Waals surface area contributed by atoms with Crippen LogP contribution >= 0.6 is 0 Å². The first-order valence-electron chi connectivity index (χ1n) is 9.00. The zero-order chi connectivity index (χ0) is 19.9. The summed E-state index contributed by atoms with van der Waals surface area (Å²) in [7, 11) is 0. The van der Waals surface area contributed by atoms with Crippen molar-refractivity contribution in [2.75, 3.05) is 18.5 Å². The van der Waals surface area contributed by atoms with E-state index in [1.54, 1.807) is 37.3 Å². The van der Waals surface area contributed by atoms with Crippen molar-refractivity contribution in [2.24, 2.45) is 0 Å². The molecule has 9 heteroatoms. The summed E-state index contributed by atoms with van der Waals surface area (Å²) in [6.45, 7) is 1.63. The Bertz CT molecular complexity index is 946. The third kappa shape index (κ3) is 3.02. The van der Waals surface area contributed by atoms with E-state index in [-0.39, 0.29) is 18.3 Å². The van der Waals surface area contributed by atoms with Gasteiger partial charge >= 0.3 is 5.69 Å². The van der Waals surface area contributed by atoms with Crippen molar-refractivity contribution < 1.29 is 24.5 Å². The summed E-state index contributed by atoms with van der Waals surface area (Å²) < 4.78 is 12.7. The standard InChI is InChI=1S/C19H21N3O6/c1-11-9-22(17-13-14(24)19(10-23,28-17)7-8-27-13)18(26)21-15(11)20-16(25)12-5-3-2-4-6-12/h2-6,9,13-14,17,23-24H,7-8,10H2,1H3,(H,20,21,25,26)/t13-,14+,17-,19-/m1/s1. The summed E-state index contributed by atoms with van der Waals surface area (Å²) in [6, 6.07) is 8.60. The average Bonchev–Trinajstić information content (AvgIpc) is 2.86. The molecule has 3 heterocycles. The van der Waals surface area contributed by atoms with Crippen molar-refractivity contribution >= 4 is 11.7 Å². The number of nitrogens with zero attached hydrogens (tertiary/aromatic N) is 2. The van der Waals surface area contributed by atoms with Crippen LogP contribution in [0.2, 0.25) is 0 Å². The van der Waals surface area contributed by atoms with Crippen molar-refractivity contribution in [3.05, 3.63) is 58.1 Å². The van der Waals surface area contributed by atoms with Gasteiger partial charge in [0.05, 0.1) is 13.2 Å². The van der Waals surface area contributed by atoms with Crippen LogP contribution in [0, 0.1) is 6.92 Å². The second kappa shape index (κ2) is 7.10. The smallest absolute Gasteiger partial charge is 0.351 e. The molecule has 2 aliphatic rings. The van der Waals surface area contributed by atoms with Gasteiger partial charge in [0.25, 0.3) is 5.91 Å². The highest BCUT2D eigenvalue weighted by Gasteiger charge is 2.58. The molecule has 1 aromatic carbocycles. The number of hydrogen-bond acceptors (Lipinski definition) is 7. The Morgan fingerprint density at radius 2 is 2.14 bits per heavy atom. The van der Waals surface area contributed by atoms with Crippen LogP contribution in [0.25, 0.3) is 0 Å². The summed E-state index contributed by atoms with van der Waals surface area (Å²) >= 11 is 0. The van der Waals surface area contributed by atoms with Crippen molar-refractivity contribution in [3.63, 3.8) is 0 Å². The molecule has 148 valence electrons. The zero-order valence-corrected chi connectivity index (χ0v) is 15.2. The van der Waals surface area contributed by atoms with Gasteiger partial charge < -0.3 is 25.0 Å². The van der Waals surface area contributed by atoms with E-state index >= 15 is 0 Å². The van der Waals surface area contributed by atoms with E-state index in [2.05, 4.69) is 10.3 Å². The Labute approximate surface area is 160 Å². The summed E-state index contributed by atoms with van der Waals surface area (Å²) in [4.78, 5) is 28.9. The van der Waals surface area contributed by atoms with E-state index in [1.807, 2.05) is 0 Å². The number of nitrogens with one attached hydrogen (secondary N) is 1. The Morgan fingerprint density at radius 1 is 1.39 bits per heavy atom. The van der Waals surface area contributed by atoms with E-state index in [9.17, 15) is 19.8 Å². The molecule has 0 saturated carbocycles. The molecule has 1 aromatic heterocycles. The Morgan fingerprint density at radius 3 is 2.82 bits per heavy atom. The number of anilines is 1. The molecule has 2 bridgehead atoms. The van der Waals surface area contributed by atoms with Gasteiger partial charge in [0.2, 0.25) is 0 Å². The van der Waals surface area contributed by atoms with Crippen LogP contribution in [-0.4, -0.2) is 56.7 Å². The molecule has 1 amide bonds. The molecule has 0 radical (unpaired) electrons. The molecule has 0 unspecified atom stereocenters. The van der Waals surface area contributed by atoms with Gasteiger partial charge in [0.1, 0.15) is 23.6 Å². The summed E-state index contributed by atoms with van der Waals surface area (Å²) in [6.07, 6.45) is -0.931. The molecule has 2 aliphatic heterocycles. The van der Waals surface area contributed by atoms with Gasteiger partial charge in [-0.15, -0.1) is 0 Å². The minimum absolute atomic E-state index is 0.148. The number of fused-ring (bicyclic) bond motifs is 2. The first-order valence-corrected chi connectivity index (χ1v) is 9.00. The largest absolute Gasteiger partial charge is 0.393 e. The Balaban J connectivity index is 1.62. The van der Waals surface area contributed by atoms with Crippen LogP contribution < -0.4 is 11.0 Å². The Hall–Kier alpha value is -2.59. The summed E-state index contributed by atoms with van der Waals surface area (Å²) in [5.74, 6) is -0.228. The second-order valence-electron chi connectivity index (χ2n) is 7.04. The lowest BCUT2D eigenvalue weighted by molar-refractivity contribution is -0.144. The molecule has 9 nitrogen and oxygen atoms in total. The number of carbonyl (C=O) groups is 1. The maximum absolute atomic E-state index is 12.6. The normalized spacial score (nSPS) is 28.9. The average molecular weight is 387 g/mol. The minimum Gasteiger partial charge on any atom is -0.393 e. The zero-order valence-electron chi connectivity index (χ0n) is 15.2. The van der Waals surface area contributed by atoms with Crippen LogP contribution in [0.4, 0.5) is 5.82 Å². The molecule has 3 N–H and O–H groups in total. The number of aromatic nitrogens is 2. The molecule has 2 saturated heterocycles. The van der Waals surface area contributed by atoms with Crippen molar-refractivity contribution in [1.29, 1.82) is 0 Å². The Kier molecular flexibility index (Phi) is 4.76. The van der Waals surface area contributed by atoms with Gasteiger partial charge in [0.15, 0.2) is 6.23 Å². The molecule has 2 fully saturated rings. The lowest BCUT2D eigenvalue weighted by Crippen LogP contribution is -2.51. The maximum atomic E-state index is 12.6. The first kappa shape index (κ1) is 18.8. The number of hydrogen-bond donors (Lipinski definition) is 3. The maximum Gasteiger partial charge on any atom is 0.351 e. The lowest BCUT2D eigenvalue weighted by Gasteiger charge is -2.33. The van der Waals surface area contributed by atoms with Gasteiger partial charge in [-0.1, -0.05) is 18.2 Å². The van der Waals surface area contributed by atoms with Crippen molar-refractivity contribution in [1.82, 2.24) is 9.55 Å². The van der Waals surface area contributed by atoms with Gasteiger partial charge in [-0.2, -0.15) is 4.98 Å². The highest BCUT2D eigenvalue weighted by Crippen LogP contribution is 2.43. The van der Waals surface area contributed by atoms with E-state index in [0.29, 0.717) is 24.2 Å². The fraction of sp³-hybridized carbons (Fsp3) is 0.421. The van der Waals surface area contributed by atoms with Crippen LogP contribution in [0.3, 0.4) is 0 Å². The van der Waals surface area contributed by atoms with E-state index < -0.39 is 29.7 Å². The molecular formula is C19H21N3O6. The van der Waals surface area contributed by atoms with Crippen molar-refractivity contribution in [2.45, 2.75) is 37.4 Å². The predicted octanol–water partition coefficient (Wildman–Crippen LogP) is 0.214. The summed E-state index contributed by atoms with van der Waals surface area (Å²) in [5.41, 5.74) is -0.819. The minimum atomic E-state index is -1.15. The SMILES string of the molecule is Cc1cn([C@@H]2O[C@@]3(CO)CCO[C@@H]2[C@@H]3O)c(=O)nc1NC(=O)c1ccccc1. The molecule has 28 heavy (non-hydrogen) atoms. The van der Waals surface area contributed by atoms with Crippen molar-refractivity contribution in [3.8, 4) is 0 Å². The molecular weight excluding hydrogens is 366 g/mol. The third-order valence-electron chi connectivity index (χ3n) is 5.27. The molecule has 4 rings (SSSR count). The highest BCUT2D eigenvalue weighted by atomic mass is 16.6. The molecule has 0 spiro atoms. The number of aryl methyl sites for hydroxylation is 1. The van der Waals surface area contributed by atoms with Gasteiger partial charge in [0, 0.05) is 23.7 Å². The third-order valence-corrected chi connectivity index (χ3v) is 5.27. The van der Waals surface area contributed by atoms with Gasteiger partial charge in [-0.05, 0) is 19.1 Å². The highest BCUT2D eigenvalue weighted by molar-refractivity contribution is 6.03. The molecule has 0 aliphatic carbocycles. The number of ether oxygens (including phenoxy) is 2. The molecule has 2 aromatic rings. The van der Waals surface area contributed by atoms with Gasteiger partial charge in [-0.25, -0.2) is 4.79 Å². The number of carbonyl (C=O) groups excluding carboxylic acids is 1. The number of aliphatic hydroxyl groups is 2.